The van der Waals surface area contributed by atoms with Crippen LogP contribution in [0.15, 0.2) is 4.99 Å². The van der Waals surface area contributed by atoms with E-state index in [1.165, 1.54) is 44.8 Å². The lowest BCUT2D eigenvalue weighted by atomic mass is 10.1. The molecule has 0 unspecified atom stereocenters. The summed E-state index contributed by atoms with van der Waals surface area (Å²) in [5.74, 6) is 0.909. The van der Waals surface area contributed by atoms with Gasteiger partial charge < -0.3 is 15.4 Å². The van der Waals surface area contributed by atoms with E-state index in [0.717, 1.165) is 12.5 Å². The van der Waals surface area contributed by atoms with Crippen molar-refractivity contribution in [3.63, 3.8) is 0 Å². The van der Waals surface area contributed by atoms with E-state index in [9.17, 15) is 8.42 Å². The van der Waals surface area contributed by atoms with Crippen molar-refractivity contribution in [3.05, 3.63) is 0 Å². The van der Waals surface area contributed by atoms with Crippen LogP contribution < -0.4 is 10.6 Å². The molecule has 0 bridgehead atoms. The second kappa shape index (κ2) is 11.7. The van der Waals surface area contributed by atoms with Gasteiger partial charge in [0.25, 0.3) is 0 Å². The quantitative estimate of drug-likeness (QED) is 0.287. The largest absolute Gasteiger partial charge is 0.376 e. The number of nitrogens with one attached hydrogen (secondary N) is 2. The Hall–Kier alpha value is -0.820. The molecule has 136 valence electrons. The maximum Gasteiger partial charge on any atom is 0.191 e. The number of guanidine groups is 1. The summed E-state index contributed by atoms with van der Waals surface area (Å²) < 4.78 is 28.1. The first-order valence-corrected chi connectivity index (χ1v) is 10.9. The van der Waals surface area contributed by atoms with Crippen LogP contribution in [0.5, 0.6) is 0 Å². The van der Waals surface area contributed by atoms with Crippen LogP contribution in [0, 0.1) is 0 Å². The average molecular weight is 348 g/mol. The van der Waals surface area contributed by atoms with Gasteiger partial charge in [-0.05, 0) is 26.2 Å². The number of hydrogen-bond donors (Lipinski definition) is 2. The molecule has 0 spiro atoms. The SMILES string of the molecule is CCNC(=NCCCS(C)(=O)=O)NCCOC1CCCCCC1. The second-order valence-electron chi connectivity index (χ2n) is 6.16. The molecule has 2 N–H and O–H groups in total. The predicted octanol–water partition coefficient (Wildman–Crippen LogP) is 1.72. The summed E-state index contributed by atoms with van der Waals surface area (Å²) in [7, 11) is -2.90. The van der Waals surface area contributed by atoms with Crippen molar-refractivity contribution >= 4 is 15.8 Å². The molecule has 0 aliphatic heterocycles. The minimum Gasteiger partial charge on any atom is -0.376 e. The van der Waals surface area contributed by atoms with Crippen molar-refractivity contribution < 1.29 is 13.2 Å². The van der Waals surface area contributed by atoms with Gasteiger partial charge in [-0.15, -0.1) is 0 Å². The Labute approximate surface area is 141 Å². The predicted molar refractivity (Wildman–Crippen MR) is 95.8 cm³/mol. The summed E-state index contributed by atoms with van der Waals surface area (Å²) in [6, 6.07) is 0. The number of rotatable bonds is 9. The van der Waals surface area contributed by atoms with Crippen LogP contribution >= 0.6 is 0 Å². The Kier molecular flexibility index (Phi) is 10.3. The van der Waals surface area contributed by atoms with Crippen LogP contribution in [0.2, 0.25) is 0 Å². The molecule has 1 aliphatic rings. The molecular weight excluding hydrogens is 314 g/mol. The molecule has 0 aromatic heterocycles. The number of sulfone groups is 1. The Morgan fingerprint density at radius 3 is 2.48 bits per heavy atom. The highest BCUT2D eigenvalue weighted by Gasteiger charge is 2.12. The van der Waals surface area contributed by atoms with E-state index in [0.29, 0.717) is 32.2 Å². The second-order valence-corrected chi connectivity index (χ2v) is 8.41. The smallest absolute Gasteiger partial charge is 0.191 e. The standard InChI is InChI=1S/C16H33N3O3S/c1-3-17-16(18-11-8-14-23(2,20)21)19-12-13-22-15-9-6-4-5-7-10-15/h15H,3-14H2,1-2H3,(H2,17,18,19). The van der Waals surface area contributed by atoms with E-state index >= 15 is 0 Å². The van der Waals surface area contributed by atoms with Gasteiger partial charge in [0.2, 0.25) is 0 Å². The Morgan fingerprint density at radius 2 is 1.87 bits per heavy atom. The van der Waals surface area contributed by atoms with Gasteiger partial charge in [0, 0.05) is 25.9 Å². The fraction of sp³-hybridized carbons (Fsp3) is 0.938. The molecule has 1 rings (SSSR count). The molecule has 0 aromatic rings. The molecule has 1 fully saturated rings. The van der Waals surface area contributed by atoms with E-state index in [4.69, 9.17) is 4.74 Å². The zero-order chi connectivity index (χ0) is 17.0. The first kappa shape index (κ1) is 20.2. The Bertz CT molecular complexity index is 430. The maximum atomic E-state index is 11.1. The van der Waals surface area contributed by atoms with Gasteiger partial charge in [0.05, 0.1) is 18.5 Å². The maximum absolute atomic E-state index is 11.1. The van der Waals surface area contributed by atoms with Crippen LogP contribution in [0.1, 0.15) is 51.9 Å². The summed E-state index contributed by atoms with van der Waals surface area (Å²) in [5, 5.41) is 6.40. The van der Waals surface area contributed by atoms with Crippen LogP contribution in [0.25, 0.3) is 0 Å². The molecular formula is C16H33N3O3S. The van der Waals surface area contributed by atoms with Crippen LogP contribution in [-0.2, 0) is 14.6 Å². The minimum absolute atomic E-state index is 0.181. The Balaban J connectivity index is 2.20. The molecule has 0 heterocycles. The van der Waals surface area contributed by atoms with Gasteiger partial charge in [-0.3, -0.25) is 4.99 Å². The third kappa shape index (κ3) is 11.4. The fourth-order valence-electron chi connectivity index (χ4n) is 2.66. The minimum atomic E-state index is -2.90. The fourth-order valence-corrected chi connectivity index (χ4v) is 3.32. The molecule has 23 heavy (non-hydrogen) atoms. The van der Waals surface area contributed by atoms with Crippen molar-refractivity contribution in [2.45, 2.75) is 58.0 Å². The molecule has 7 heteroatoms. The van der Waals surface area contributed by atoms with Crippen molar-refractivity contribution in [1.29, 1.82) is 0 Å². The van der Waals surface area contributed by atoms with E-state index in [2.05, 4.69) is 15.6 Å². The zero-order valence-corrected chi connectivity index (χ0v) is 15.5. The van der Waals surface area contributed by atoms with Crippen molar-refractivity contribution in [3.8, 4) is 0 Å². The van der Waals surface area contributed by atoms with Gasteiger partial charge in [0.1, 0.15) is 9.84 Å². The lowest BCUT2D eigenvalue weighted by Crippen LogP contribution is -2.39. The van der Waals surface area contributed by atoms with Crippen molar-refractivity contribution in [1.82, 2.24) is 10.6 Å². The number of ether oxygens (including phenoxy) is 1. The summed E-state index contributed by atoms with van der Waals surface area (Å²) in [4.78, 5) is 4.39. The topological polar surface area (TPSA) is 79.8 Å². The van der Waals surface area contributed by atoms with Crippen molar-refractivity contribution in [2.24, 2.45) is 4.99 Å². The van der Waals surface area contributed by atoms with Crippen LogP contribution in [0.3, 0.4) is 0 Å². The highest BCUT2D eigenvalue weighted by atomic mass is 32.2. The van der Waals surface area contributed by atoms with Crippen molar-refractivity contribution in [2.75, 3.05) is 38.2 Å². The van der Waals surface area contributed by atoms with E-state index in [1.54, 1.807) is 0 Å². The molecule has 0 amide bonds. The molecule has 1 aliphatic carbocycles. The molecule has 0 radical (unpaired) electrons. The molecule has 0 atom stereocenters. The normalized spacial score (nSPS) is 17.7. The molecule has 6 nitrogen and oxygen atoms in total. The zero-order valence-electron chi connectivity index (χ0n) is 14.6. The summed E-state index contributed by atoms with van der Waals surface area (Å²) in [6.45, 7) is 4.69. The lowest BCUT2D eigenvalue weighted by Gasteiger charge is -2.16. The van der Waals surface area contributed by atoms with E-state index in [1.807, 2.05) is 6.92 Å². The lowest BCUT2D eigenvalue weighted by molar-refractivity contribution is 0.0468. The number of hydrogen-bond acceptors (Lipinski definition) is 4. The highest BCUT2D eigenvalue weighted by molar-refractivity contribution is 7.90. The van der Waals surface area contributed by atoms with Crippen LogP contribution in [0.4, 0.5) is 0 Å². The van der Waals surface area contributed by atoms with Gasteiger partial charge in [-0.25, -0.2) is 8.42 Å². The van der Waals surface area contributed by atoms with E-state index in [-0.39, 0.29) is 5.75 Å². The Morgan fingerprint density at radius 1 is 1.17 bits per heavy atom. The third-order valence-electron chi connectivity index (χ3n) is 3.84. The molecule has 0 aromatic carbocycles. The van der Waals surface area contributed by atoms with Gasteiger partial charge >= 0.3 is 0 Å². The van der Waals surface area contributed by atoms with E-state index < -0.39 is 9.84 Å². The van der Waals surface area contributed by atoms with Gasteiger partial charge in [-0.1, -0.05) is 25.7 Å². The molecule has 0 saturated heterocycles. The number of aliphatic imine (C=N–C) groups is 1. The average Bonchev–Trinajstić information content (AvgIpc) is 2.75. The summed E-state index contributed by atoms with van der Waals surface area (Å²) in [5.41, 5.74) is 0. The summed E-state index contributed by atoms with van der Waals surface area (Å²) in [6.07, 6.45) is 9.81. The first-order chi connectivity index (χ1) is 11.0. The first-order valence-electron chi connectivity index (χ1n) is 8.83. The monoisotopic (exact) mass is 347 g/mol. The van der Waals surface area contributed by atoms with Gasteiger partial charge in [0.15, 0.2) is 5.96 Å². The van der Waals surface area contributed by atoms with Gasteiger partial charge in [-0.2, -0.15) is 0 Å². The third-order valence-corrected chi connectivity index (χ3v) is 4.87. The number of nitrogens with zero attached hydrogens (tertiary/aromatic N) is 1. The van der Waals surface area contributed by atoms with Crippen LogP contribution in [-0.4, -0.2) is 58.7 Å². The summed E-state index contributed by atoms with van der Waals surface area (Å²) >= 11 is 0. The molecule has 1 saturated carbocycles. The highest BCUT2D eigenvalue weighted by Crippen LogP contribution is 2.19.